The zero-order chi connectivity index (χ0) is 24.1. The molecule has 7 rings (SSSR count). The van der Waals surface area contributed by atoms with Gasteiger partial charge in [-0.3, -0.25) is 5.10 Å². The predicted octanol–water partition coefficient (Wildman–Crippen LogP) is 5.83. The topological polar surface area (TPSA) is 97.4 Å². The number of nitrogens with two attached hydrogens (primary N) is 1. The van der Waals surface area contributed by atoms with Crippen molar-refractivity contribution in [2.45, 2.75) is 25.8 Å². The Labute approximate surface area is 212 Å². The van der Waals surface area contributed by atoms with Gasteiger partial charge in [-0.25, -0.2) is 9.97 Å². The highest BCUT2D eigenvalue weighted by atomic mass is 32.1. The van der Waals surface area contributed by atoms with E-state index in [1.165, 1.54) is 27.8 Å². The number of nitrogens with zero attached hydrogens (tertiary/aromatic N) is 4. The van der Waals surface area contributed by atoms with E-state index >= 15 is 0 Å². The Morgan fingerprint density at radius 3 is 2.81 bits per heavy atom. The minimum Gasteiger partial charge on any atom is -0.368 e. The maximum Gasteiger partial charge on any atom is 0.220 e. The second-order valence-corrected chi connectivity index (χ2v) is 10.8. The fourth-order valence-corrected chi connectivity index (χ4v) is 6.58. The molecule has 4 N–H and O–H groups in total. The number of benzene rings is 2. The third-order valence-corrected chi connectivity index (χ3v) is 8.57. The third kappa shape index (κ3) is 3.73. The van der Waals surface area contributed by atoms with Crippen LogP contribution >= 0.6 is 11.3 Å². The Morgan fingerprint density at radius 2 is 1.92 bits per heavy atom. The molecular formula is C28H27N7S. The number of aryl methyl sites for hydroxylation is 1. The van der Waals surface area contributed by atoms with Crippen LogP contribution in [0.15, 0.2) is 61.1 Å². The molecule has 8 heteroatoms. The summed E-state index contributed by atoms with van der Waals surface area (Å²) < 4.78 is 3.59. The fraction of sp³-hybridized carbons (Fsp3) is 0.250. The average Bonchev–Trinajstić information content (AvgIpc) is 3.64. The number of nitrogens with one attached hydrogen (secondary N) is 2. The highest BCUT2D eigenvalue weighted by Crippen LogP contribution is 2.40. The molecule has 0 amide bonds. The number of hydrogen-bond donors (Lipinski definition) is 3. The number of nitrogen functional groups attached to an aromatic ring is 1. The first-order valence-electron chi connectivity index (χ1n) is 12.5. The van der Waals surface area contributed by atoms with Gasteiger partial charge in [-0.05, 0) is 73.5 Å². The molecule has 0 atom stereocenters. The maximum absolute atomic E-state index is 6.06. The van der Waals surface area contributed by atoms with Gasteiger partial charge in [0.25, 0.3) is 0 Å². The van der Waals surface area contributed by atoms with E-state index in [-0.39, 0.29) is 0 Å². The molecule has 1 aliphatic heterocycles. The molecule has 0 bridgehead atoms. The number of aromatic nitrogens is 5. The van der Waals surface area contributed by atoms with Gasteiger partial charge < -0.3 is 15.6 Å². The van der Waals surface area contributed by atoms with Crippen LogP contribution in [-0.4, -0.2) is 37.8 Å². The minimum atomic E-state index is 0.300. The number of rotatable bonds is 5. The van der Waals surface area contributed by atoms with Gasteiger partial charge >= 0.3 is 0 Å². The Kier molecular flexibility index (Phi) is 5.22. The molecule has 1 saturated heterocycles. The summed E-state index contributed by atoms with van der Waals surface area (Å²) in [6.45, 7) is 3.19. The number of piperidine rings is 1. The SMILES string of the molecule is Nc1ncc2c(n1)c(-c1cc(-c3cc4ccccc4s3)c3[nH]ncc3c1)cn2CCC1CCNCC1. The van der Waals surface area contributed by atoms with Crippen LogP contribution in [0.5, 0.6) is 0 Å². The van der Waals surface area contributed by atoms with Crippen molar-refractivity contribution in [1.29, 1.82) is 0 Å². The number of anilines is 1. The first kappa shape index (κ1) is 21.5. The summed E-state index contributed by atoms with van der Waals surface area (Å²) in [4.78, 5) is 10.2. The molecule has 180 valence electrons. The van der Waals surface area contributed by atoms with Gasteiger partial charge in [-0.2, -0.15) is 5.10 Å². The highest BCUT2D eigenvalue weighted by molar-refractivity contribution is 7.22. The third-order valence-electron chi connectivity index (χ3n) is 7.43. The van der Waals surface area contributed by atoms with Crippen LogP contribution in [-0.2, 0) is 6.54 Å². The van der Waals surface area contributed by atoms with Crippen molar-refractivity contribution in [3.63, 3.8) is 0 Å². The van der Waals surface area contributed by atoms with Gasteiger partial charge in [0.05, 0.1) is 23.4 Å². The second-order valence-electron chi connectivity index (χ2n) is 9.69. The van der Waals surface area contributed by atoms with Crippen molar-refractivity contribution in [2.75, 3.05) is 18.8 Å². The van der Waals surface area contributed by atoms with Crippen molar-refractivity contribution >= 4 is 49.3 Å². The van der Waals surface area contributed by atoms with Crippen molar-refractivity contribution in [3.05, 3.63) is 61.1 Å². The molecule has 36 heavy (non-hydrogen) atoms. The smallest absolute Gasteiger partial charge is 0.220 e. The van der Waals surface area contributed by atoms with Crippen molar-refractivity contribution < 1.29 is 0 Å². The number of hydrogen-bond acceptors (Lipinski definition) is 6. The largest absolute Gasteiger partial charge is 0.368 e. The molecule has 0 radical (unpaired) electrons. The first-order chi connectivity index (χ1) is 17.7. The van der Waals surface area contributed by atoms with Crippen LogP contribution in [0.4, 0.5) is 5.95 Å². The van der Waals surface area contributed by atoms with E-state index in [0.29, 0.717) is 5.95 Å². The van der Waals surface area contributed by atoms with Crippen molar-refractivity contribution in [1.82, 2.24) is 30.0 Å². The second kappa shape index (κ2) is 8.72. The van der Waals surface area contributed by atoms with Crippen LogP contribution in [0.2, 0.25) is 0 Å². The van der Waals surface area contributed by atoms with Gasteiger partial charge in [-0.15, -0.1) is 11.3 Å². The van der Waals surface area contributed by atoms with E-state index in [0.717, 1.165) is 70.6 Å². The summed E-state index contributed by atoms with van der Waals surface area (Å²) >= 11 is 1.80. The molecular weight excluding hydrogens is 466 g/mol. The maximum atomic E-state index is 6.06. The molecule has 6 aromatic rings. The Hall–Kier alpha value is -3.75. The quantitative estimate of drug-likeness (QED) is 0.281. The van der Waals surface area contributed by atoms with Gasteiger partial charge in [0.15, 0.2) is 0 Å². The van der Waals surface area contributed by atoms with E-state index in [2.05, 4.69) is 78.7 Å². The lowest BCUT2D eigenvalue weighted by Crippen LogP contribution is -2.28. The zero-order valence-corrected chi connectivity index (χ0v) is 20.7. The highest BCUT2D eigenvalue weighted by Gasteiger charge is 2.19. The first-order valence-corrected chi connectivity index (χ1v) is 13.3. The lowest BCUT2D eigenvalue weighted by molar-refractivity contribution is 0.339. The van der Waals surface area contributed by atoms with Crippen LogP contribution < -0.4 is 11.1 Å². The van der Waals surface area contributed by atoms with Crippen LogP contribution in [0.1, 0.15) is 19.3 Å². The average molecular weight is 494 g/mol. The fourth-order valence-electron chi connectivity index (χ4n) is 5.49. The number of H-pyrrole nitrogens is 1. The lowest BCUT2D eigenvalue weighted by atomic mass is 9.95. The Bertz CT molecular complexity index is 1670. The van der Waals surface area contributed by atoms with Crippen molar-refractivity contribution in [3.8, 4) is 21.6 Å². The van der Waals surface area contributed by atoms with Gasteiger partial charge in [0.2, 0.25) is 5.95 Å². The van der Waals surface area contributed by atoms with E-state index in [4.69, 9.17) is 5.73 Å². The van der Waals surface area contributed by atoms with Gasteiger partial charge in [0.1, 0.15) is 5.52 Å². The number of aromatic amines is 1. The van der Waals surface area contributed by atoms with Gasteiger partial charge in [-0.1, -0.05) is 18.2 Å². The van der Waals surface area contributed by atoms with Crippen LogP contribution in [0.25, 0.3) is 53.6 Å². The van der Waals surface area contributed by atoms with Crippen molar-refractivity contribution in [2.24, 2.45) is 5.92 Å². The van der Waals surface area contributed by atoms with E-state index in [1.807, 2.05) is 12.4 Å². The van der Waals surface area contributed by atoms with E-state index in [9.17, 15) is 0 Å². The monoisotopic (exact) mass is 493 g/mol. The summed E-state index contributed by atoms with van der Waals surface area (Å²) in [6, 6.07) is 15.2. The summed E-state index contributed by atoms with van der Waals surface area (Å²) in [6.07, 6.45) is 9.64. The minimum absolute atomic E-state index is 0.300. The van der Waals surface area contributed by atoms with Crippen LogP contribution in [0.3, 0.4) is 0 Å². The van der Waals surface area contributed by atoms with E-state index < -0.39 is 0 Å². The molecule has 1 fully saturated rings. The summed E-state index contributed by atoms with van der Waals surface area (Å²) in [5.41, 5.74) is 12.4. The van der Waals surface area contributed by atoms with E-state index in [1.54, 1.807) is 11.3 Å². The molecule has 2 aromatic carbocycles. The standard InChI is InChI=1S/C28H27N7S/c29-28-31-15-23-27(33-28)22(16-35(23)10-7-17-5-8-30-9-6-17)19-11-20-14-32-34-26(20)21(12-19)25-13-18-3-1-2-4-24(18)36-25/h1-4,11-17,30H,5-10H2,(H,32,34)(H2,29,31,33). The normalized spacial score (nSPS) is 14.9. The lowest BCUT2D eigenvalue weighted by Gasteiger charge is -2.22. The molecule has 1 aliphatic rings. The molecule has 0 aliphatic carbocycles. The predicted molar refractivity (Wildman–Crippen MR) is 148 cm³/mol. The number of thiophene rings is 1. The Morgan fingerprint density at radius 1 is 1.03 bits per heavy atom. The molecule has 0 spiro atoms. The summed E-state index contributed by atoms with van der Waals surface area (Å²) in [5.74, 6) is 1.05. The summed E-state index contributed by atoms with van der Waals surface area (Å²) in [7, 11) is 0. The number of fused-ring (bicyclic) bond motifs is 3. The zero-order valence-electron chi connectivity index (χ0n) is 19.9. The molecule has 0 saturated carbocycles. The molecule has 5 heterocycles. The van der Waals surface area contributed by atoms with Gasteiger partial charge in [0, 0.05) is 38.8 Å². The molecule has 4 aromatic heterocycles. The Balaban J connectivity index is 1.35. The molecule has 7 nitrogen and oxygen atoms in total. The molecule has 0 unspecified atom stereocenters. The summed E-state index contributed by atoms with van der Waals surface area (Å²) in [5, 5.41) is 13.4. The van der Waals surface area contributed by atoms with Crippen LogP contribution in [0, 0.1) is 5.92 Å².